The van der Waals surface area contributed by atoms with Gasteiger partial charge in [-0.25, -0.2) is 9.97 Å². The van der Waals surface area contributed by atoms with E-state index in [2.05, 4.69) is 23.8 Å². The molecule has 0 radical (unpaired) electrons. The summed E-state index contributed by atoms with van der Waals surface area (Å²) in [4.78, 5) is 8.37. The Morgan fingerprint density at radius 1 is 1.18 bits per heavy atom. The summed E-state index contributed by atoms with van der Waals surface area (Å²) in [6.07, 6.45) is 1.62. The summed E-state index contributed by atoms with van der Waals surface area (Å²) in [6.45, 7) is 6.27. The van der Waals surface area contributed by atoms with E-state index in [-0.39, 0.29) is 6.10 Å². The Morgan fingerprint density at radius 3 is 2.65 bits per heavy atom. The van der Waals surface area contributed by atoms with E-state index >= 15 is 0 Å². The van der Waals surface area contributed by atoms with Gasteiger partial charge in [0.25, 0.3) is 0 Å². The van der Waals surface area contributed by atoms with E-state index in [0.29, 0.717) is 17.5 Å². The Hall–Kier alpha value is -1.84. The monoisotopic (exact) mass is 231 g/mol. The Labute approximate surface area is 101 Å². The van der Waals surface area contributed by atoms with E-state index in [1.165, 1.54) is 6.33 Å². The molecule has 2 rings (SSSR count). The maximum atomic E-state index is 5.84. The third kappa shape index (κ3) is 2.46. The minimum absolute atomic E-state index is 0.116. The lowest BCUT2D eigenvalue weighted by molar-refractivity contribution is 0.165. The summed E-state index contributed by atoms with van der Waals surface area (Å²) in [6, 6.07) is 5.55. The standard InChI is InChI=1S/C13H17N3O/c1-8(2)9(3)17-13-11-5-4-10(14)6-12(11)15-7-16-13/h4-9H,14H2,1-3H3. The fourth-order valence-electron chi connectivity index (χ4n) is 1.46. The predicted octanol–water partition coefficient (Wildman–Crippen LogP) is 2.64. The van der Waals surface area contributed by atoms with Crippen LogP contribution in [0.25, 0.3) is 10.9 Å². The van der Waals surface area contributed by atoms with E-state index in [0.717, 1.165) is 10.9 Å². The lowest BCUT2D eigenvalue weighted by Crippen LogP contribution is -2.19. The second kappa shape index (κ2) is 4.57. The van der Waals surface area contributed by atoms with Gasteiger partial charge in [0.05, 0.1) is 17.0 Å². The molecule has 1 unspecified atom stereocenters. The highest BCUT2D eigenvalue weighted by Crippen LogP contribution is 2.24. The van der Waals surface area contributed by atoms with Crippen LogP contribution in [0.2, 0.25) is 0 Å². The summed E-state index contributed by atoms with van der Waals surface area (Å²) in [5, 5.41) is 0.897. The normalized spacial score (nSPS) is 12.9. The molecule has 1 heterocycles. The lowest BCUT2D eigenvalue weighted by Gasteiger charge is -2.18. The molecule has 0 saturated heterocycles. The second-order valence-electron chi connectivity index (χ2n) is 4.52. The number of hydrogen-bond donors (Lipinski definition) is 1. The van der Waals surface area contributed by atoms with Crippen molar-refractivity contribution in [3.63, 3.8) is 0 Å². The van der Waals surface area contributed by atoms with Crippen LogP contribution in [0.15, 0.2) is 24.5 Å². The van der Waals surface area contributed by atoms with Crippen LogP contribution in [0, 0.1) is 5.92 Å². The first kappa shape index (κ1) is 11.6. The Morgan fingerprint density at radius 2 is 1.94 bits per heavy atom. The van der Waals surface area contributed by atoms with E-state index in [1.807, 2.05) is 25.1 Å². The highest BCUT2D eigenvalue weighted by molar-refractivity contribution is 5.85. The van der Waals surface area contributed by atoms with Gasteiger partial charge < -0.3 is 10.5 Å². The van der Waals surface area contributed by atoms with Gasteiger partial charge >= 0.3 is 0 Å². The van der Waals surface area contributed by atoms with E-state index in [9.17, 15) is 0 Å². The number of aromatic nitrogens is 2. The first-order valence-electron chi connectivity index (χ1n) is 5.75. The number of hydrogen-bond acceptors (Lipinski definition) is 4. The van der Waals surface area contributed by atoms with Crippen molar-refractivity contribution < 1.29 is 4.74 Å². The quantitative estimate of drug-likeness (QED) is 0.825. The largest absolute Gasteiger partial charge is 0.474 e. The van der Waals surface area contributed by atoms with Crippen LogP contribution in [-0.4, -0.2) is 16.1 Å². The zero-order valence-electron chi connectivity index (χ0n) is 10.3. The van der Waals surface area contributed by atoms with Crippen molar-refractivity contribution in [2.45, 2.75) is 26.9 Å². The molecular weight excluding hydrogens is 214 g/mol. The van der Waals surface area contributed by atoms with Gasteiger partial charge in [0.1, 0.15) is 6.33 Å². The summed E-state index contributed by atoms with van der Waals surface area (Å²) >= 11 is 0. The molecule has 1 atom stereocenters. The number of benzene rings is 1. The number of nitrogen functional groups attached to an aromatic ring is 1. The maximum absolute atomic E-state index is 5.84. The smallest absolute Gasteiger partial charge is 0.224 e. The molecule has 2 aromatic rings. The molecule has 0 spiro atoms. The van der Waals surface area contributed by atoms with Crippen molar-refractivity contribution in [1.82, 2.24) is 9.97 Å². The van der Waals surface area contributed by atoms with Crippen LogP contribution in [-0.2, 0) is 0 Å². The fraction of sp³-hybridized carbons (Fsp3) is 0.385. The highest BCUT2D eigenvalue weighted by Gasteiger charge is 2.12. The van der Waals surface area contributed by atoms with Gasteiger partial charge in [-0.05, 0) is 31.0 Å². The number of rotatable bonds is 3. The number of ether oxygens (including phenoxy) is 1. The summed E-state index contributed by atoms with van der Waals surface area (Å²) < 4.78 is 5.84. The van der Waals surface area contributed by atoms with Crippen molar-refractivity contribution in [2.75, 3.05) is 5.73 Å². The van der Waals surface area contributed by atoms with Crippen molar-refractivity contribution >= 4 is 16.6 Å². The van der Waals surface area contributed by atoms with Crippen LogP contribution in [0.1, 0.15) is 20.8 Å². The molecule has 0 aliphatic heterocycles. The Bertz CT molecular complexity index is 525. The molecule has 1 aromatic heterocycles. The molecule has 4 heteroatoms. The number of nitrogens with zero attached hydrogens (tertiary/aromatic N) is 2. The summed E-state index contributed by atoms with van der Waals surface area (Å²) in [5.74, 6) is 1.06. The number of anilines is 1. The fourth-order valence-corrected chi connectivity index (χ4v) is 1.46. The summed E-state index contributed by atoms with van der Waals surface area (Å²) in [7, 11) is 0. The van der Waals surface area contributed by atoms with Gasteiger partial charge in [0.15, 0.2) is 0 Å². The number of fused-ring (bicyclic) bond motifs is 1. The first-order chi connectivity index (χ1) is 8.08. The SMILES string of the molecule is CC(C)C(C)Oc1ncnc2cc(N)ccc12. The van der Waals surface area contributed by atoms with E-state index in [1.54, 1.807) is 0 Å². The molecule has 0 amide bonds. The van der Waals surface area contributed by atoms with E-state index < -0.39 is 0 Å². The van der Waals surface area contributed by atoms with Crippen LogP contribution in [0.4, 0.5) is 5.69 Å². The molecule has 0 fully saturated rings. The predicted molar refractivity (Wildman–Crippen MR) is 68.9 cm³/mol. The average Bonchev–Trinajstić information content (AvgIpc) is 2.28. The minimum atomic E-state index is 0.116. The Kier molecular flexibility index (Phi) is 3.13. The van der Waals surface area contributed by atoms with Gasteiger partial charge in [-0.1, -0.05) is 13.8 Å². The van der Waals surface area contributed by atoms with Crippen LogP contribution >= 0.6 is 0 Å². The van der Waals surface area contributed by atoms with Gasteiger partial charge in [-0.15, -0.1) is 0 Å². The second-order valence-corrected chi connectivity index (χ2v) is 4.52. The molecular formula is C13H17N3O. The molecule has 0 aliphatic carbocycles. The van der Waals surface area contributed by atoms with Gasteiger partial charge in [0, 0.05) is 5.69 Å². The van der Waals surface area contributed by atoms with Gasteiger partial charge in [-0.2, -0.15) is 0 Å². The van der Waals surface area contributed by atoms with Crippen molar-refractivity contribution in [3.8, 4) is 5.88 Å². The average molecular weight is 231 g/mol. The molecule has 2 N–H and O–H groups in total. The minimum Gasteiger partial charge on any atom is -0.474 e. The number of nitrogens with two attached hydrogens (primary N) is 1. The molecule has 0 aliphatic rings. The molecule has 4 nitrogen and oxygen atoms in total. The van der Waals surface area contributed by atoms with Crippen LogP contribution in [0.5, 0.6) is 5.88 Å². The third-order valence-electron chi connectivity index (χ3n) is 2.86. The lowest BCUT2D eigenvalue weighted by atomic mass is 10.1. The highest BCUT2D eigenvalue weighted by atomic mass is 16.5. The van der Waals surface area contributed by atoms with Crippen molar-refractivity contribution in [3.05, 3.63) is 24.5 Å². The van der Waals surface area contributed by atoms with Crippen molar-refractivity contribution in [1.29, 1.82) is 0 Å². The summed E-state index contributed by atoms with van der Waals surface area (Å²) in [5.41, 5.74) is 7.23. The third-order valence-corrected chi connectivity index (χ3v) is 2.86. The molecule has 17 heavy (non-hydrogen) atoms. The maximum Gasteiger partial charge on any atom is 0.224 e. The van der Waals surface area contributed by atoms with Gasteiger partial charge in [-0.3, -0.25) is 0 Å². The Balaban J connectivity index is 2.41. The molecule has 90 valence electrons. The van der Waals surface area contributed by atoms with Crippen molar-refractivity contribution in [2.24, 2.45) is 5.92 Å². The molecule has 1 aromatic carbocycles. The van der Waals surface area contributed by atoms with Crippen LogP contribution < -0.4 is 10.5 Å². The zero-order valence-corrected chi connectivity index (χ0v) is 10.3. The topological polar surface area (TPSA) is 61.0 Å². The van der Waals surface area contributed by atoms with E-state index in [4.69, 9.17) is 10.5 Å². The van der Waals surface area contributed by atoms with Gasteiger partial charge in [0.2, 0.25) is 5.88 Å². The zero-order chi connectivity index (χ0) is 12.4. The first-order valence-corrected chi connectivity index (χ1v) is 5.75. The molecule has 0 saturated carbocycles. The van der Waals surface area contributed by atoms with Crippen LogP contribution in [0.3, 0.4) is 0 Å². The molecule has 0 bridgehead atoms.